The SMILES string of the molecule is CCOC(=O)c1cccc(-n2c(C)cc(/C=C3\NC(=O)NC3=O)c2C)c1. The minimum atomic E-state index is -0.530. The number of hydrogen-bond donors (Lipinski definition) is 2. The summed E-state index contributed by atoms with van der Waals surface area (Å²) >= 11 is 0. The number of benzene rings is 1. The Labute approximate surface area is 150 Å². The number of nitrogens with one attached hydrogen (secondary N) is 2. The van der Waals surface area contributed by atoms with Gasteiger partial charge in [-0.05, 0) is 56.7 Å². The summed E-state index contributed by atoms with van der Waals surface area (Å²) in [5.41, 5.74) is 4.10. The van der Waals surface area contributed by atoms with Crippen LogP contribution in [0.5, 0.6) is 0 Å². The van der Waals surface area contributed by atoms with Crippen LogP contribution in [0.4, 0.5) is 4.79 Å². The highest BCUT2D eigenvalue weighted by Gasteiger charge is 2.23. The zero-order chi connectivity index (χ0) is 18.8. The summed E-state index contributed by atoms with van der Waals surface area (Å²) in [5.74, 6) is -0.825. The molecule has 1 aliphatic heterocycles. The minimum absolute atomic E-state index is 0.204. The number of hydrogen-bond acceptors (Lipinski definition) is 4. The zero-order valence-electron chi connectivity index (χ0n) is 14.8. The van der Waals surface area contributed by atoms with Crippen LogP contribution in [0.15, 0.2) is 36.0 Å². The van der Waals surface area contributed by atoms with Crippen molar-refractivity contribution in [1.29, 1.82) is 0 Å². The first-order valence-corrected chi connectivity index (χ1v) is 8.21. The second kappa shape index (κ2) is 6.87. The summed E-state index contributed by atoms with van der Waals surface area (Å²) in [7, 11) is 0. The summed E-state index contributed by atoms with van der Waals surface area (Å²) in [6, 6.07) is 8.54. The van der Waals surface area contributed by atoms with Crippen molar-refractivity contribution in [2.24, 2.45) is 0 Å². The monoisotopic (exact) mass is 353 g/mol. The molecule has 0 saturated carbocycles. The van der Waals surface area contributed by atoms with Crippen LogP contribution in [0.1, 0.15) is 34.2 Å². The molecule has 1 aromatic carbocycles. The maximum absolute atomic E-state index is 12.0. The number of esters is 1. The maximum Gasteiger partial charge on any atom is 0.338 e. The molecule has 2 N–H and O–H groups in total. The van der Waals surface area contributed by atoms with Gasteiger partial charge in [0.1, 0.15) is 5.70 Å². The average Bonchev–Trinajstić information content (AvgIpc) is 3.06. The van der Waals surface area contributed by atoms with Crippen molar-refractivity contribution < 1.29 is 19.1 Å². The lowest BCUT2D eigenvalue weighted by atomic mass is 10.2. The molecular weight excluding hydrogens is 334 g/mol. The average molecular weight is 353 g/mol. The van der Waals surface area contributed by atoms with Crippen molar-refractivity contribution >= 4 is 24.0 Å². The molecule has 26 heavy (non-hydrogen) atoms. The largest absolute Gasteiger partial charge is 0.462 e. The summed E-state index contributed by atoms with van der Waals surface area (Å²) in [4.78, 5) is 35.0. The summed E-state index contributed by atoms with van der Waals surface area (Å²) in [6.07, 6.45) is 1.63. The molecule has 3 amide bonds. The predicted octanol–water partition coefficient (Wildman–Crippen LogP) is 2.45. The van der Waals surface area contributed by atoms with Gasteiger partial charge >= 0.3 is 12.0 Å². The van der Waals surface area contributed by atoms with E-state index in [4.69, 9.17) is 4.74 Å². The van der Waals surface area contributed by atoms with Gasteiger partial charge in [0.2, 0.25) is 0 Å². The molecular formula is C19H19N3O4. The number of urea groups is 1. The van der Waals surface area contributed by atoms with Crippen molar-refractivity contribution in [3.05, 3.63) is 58.5 Å². The molecule has 0 unspecified atom stereocenters. The van der Waals surface area contributed by atoms with Gasteiger partial charge in [-0.15, -0.1) is 0 Å². The van der Waals surface area contributed by atoms with Gasteiger partial charge in [0, 0.05) is 17.1 Å². The van der Waals surface area contributed by atoms with Crippen molar-refractivity contribution in [2.75, 3.05) is 6.61 Å². The van der Waals surface area contributed by atoms with Crippen LogP contribution in [0, 0.1) is 13.8 Å². The Balaban J connectivity index is 2.00. The molecule has 0 radical (unpaired) electrons. The molecule has 1 aromatic heterocycles. The van der Waals surface area contributed by atoms with Crippen molar-refractivity contribution in [3.8, 4) is 5.69 Å². The third-order valence-corrected chi connectivity index (χ3v) is 4.11. The van der Waals surface area contributed by atoms with Gasteiger partial charge in [0.15, 0.2) is 0 Å². The number of aryl methyl sites for hydroxylation is 1. The van der Waals surface area contributed by atoms with Gasteiger partial charge in [-0.25, -0.2) is 9.59 Å². The fraction of sp³-hybridized carbons (Fsp3) is 0.211. The number of carbonyl (C=O) groups excluding carboxylic acids is 3. The highest BCUT2D eigenvalue weighted by Crippen LogP contribution is 2.24. The van der Waals surface area contributed by atoms with Gasteiger partial charge in [-0.2, -0.15) is 0 Å². The second-order valence-electron chi connectivity index (χ2n) is 5.90. The van der Waals surface area contributed by atoms with Gasteiger partial charge in [0.05, 0.1) is 12.2 Å². The van der Waals surface area contributed by atoms with Crippen LogP contribution in [-0.4, -0.2) is 29.1 Å². The van der Waals surface area contributed by atoms with E-state index in [2.05, 4.69) is 10.6 Å². The van der Waals surface area contributed by atoms with E-state index in [9.17, 15) is 14.4 Å². The van der Waals surface area contributed by atoms with Crippen LogP contribution in [0.2, 0.25) is 0 Å². The first-order valence-electron chi connectivity index (χ1n) is 8.21. The van der Waals surface area contributed by atoms with Crippen LogP contribution >= 0.6 is 0 Å². The van der Waals surface area contributed by atoms with Crippen molar-refractivity contribution in [3.63, 3.8) is 0 Å². The third-order valence-electron chi connectivity index (χ3n) is 4.11. The lowest BCUT2D eigenvalue weighted by molar-refractivity contribution is -0.115. The number of rotatable bonds is 4. The summed E-state index contributed by atoms with van der Waals surface area (Å²) < 4.78 is 7.03. The molecule has 0 spiro atoms. The smallest absolute Gasteiger partial charge is 0.338 e. The van der Waals surface area contributed by atoms with Gasteiger partial charge in [-0.3, -0.25) is 10.1 Å². The Kier molecular flexibility index (Phi) is 4.62. The highest BCUT2D eigenvalue weighted by molar-refractivity contribution is 6.14. The first-order chi connectivity index (χ1) is 12.4. The van der Waals surface area contributed by atoms with E-state index >= 15 is 0 Å². The Bertz CT molecular complexity index is 940. The molecule has 1 aliphatic rings. The van der Waals surface area contributed by atoms with E-state index in [-0.39, 0.29) is 11.7 Å². The normalized spacial score (nSPS) is 15.1. The number of carbonyl (C=O) groups is 3. The molecule has 7 nitrogen and oxygen atoms in total. The first kappa shape index (κ1) is 17.5. The predicted molar refractivity (Wildman–Crippen MR) is 95.9 cm³/mol. The molecule has 3 rings (SSSR count). The van der Waals surface area contributed by atoms with E-state index in [1.165, 1.54) is 0 Å². The molecule has 0 bridgehead atoms. The Hall–Kier alpha value is -3.35. The van der Waals surface area contributed by atoms with E-state index in [1.807, 2.05) is 30.5 Å². The Morgan fingerprint density at radius 3 is 2.62 bits per heavy atom. The number of aromatic nitrogens is 1. The van der Waals surface area contributed by atoms with Crippen LogP contribution in [0.3, 0.4) is 0 Å². The van der Waals surface area contributed by atoms with Gasteiger partial charge < -0.3 is 14.6 Å². The number of nitrogens with zero attached hydrogens (tertiary/aromatic N) is 1. The lowest BCUT2D eigenvalue weighted by Gasteiger charge is -2.11. The van der Waals surface area contributed by atoms with E-state index in [0.29, 0.717) is 12.2 Å². The zero-order valence-corrected chi connectivity index (χ0v) is 14.8. The highest BCUT2D eigenvalue weighted by atomic mass is 16.5. The van der Waals surface area contributed by atoms with E-state index < -0.39 is 11.9 Å². The molecule has 0 aliphatic carbocycles. The number of imide groups is 1. The fourth-order valence-corrected chi connectivity index (χ4v) is 2.96. The second-order valence-corrected chi connectivity index (χ2v) is 5.90. The molecule has 1 saturated heterocycles. The quantitative estimate of drug-likeness (QED) is 0.502. The molecule has 1 fully saturated rings. The fourth-order valence-electron chi connectivity index (χ4n) is 2.96. The molecule has 2 aromatic rings. The van der Waals surface area contributed by atoms with E-state index in [0.717, 1.165) is 22.6 Å². The third kappa shape index (κ3) is 3.23. The maximum atomic E-state index is 12.0. The molecule has 7 heteroatoms. The van der Waals surface area contributed by atoms with Crippen molar-refractivity contribution in [1.82, 2.24) is 15.2 Å². The molecule has 134 valence electrons. The van der Waals surface area contributed by atoms with E-state index in [1.54, 1.807) is 31.2 Å². The summed E-state index contributed by atoms with van der Waals surface area (Å²) in [5, 5.41) is 4.65. The van der Waals surface area contributed by atoms with Crippen molar-refractivity contribution in [2.45, 2.75) is 20.8 Å². The van der Waals surface area contributed by atoms with Crippen LogP contribution < -0.4 is 10.6 Å². The minimum Gasteiger partial charge on any atom is -0.462 e. The lowest BCUT2D eigenvalue weighted by Crippen LogP contribution is -2.22. The topological polar surface area (TPSA) is 89.4 Å². The van der Waals surface area contributed by atoms with Gasteiger partial charge in [-0.1, -0.05) is 6.07 Å². The number of ether oxygens (including phenoxy) is 1. The van der Waals surface area contributed by atoms with Gasteiger partial charge in [0.25, 0.3) is 5.91 Å². The van der Waals surface area contributed by atoms with Crippen LogP contribution in [0.25, 0.3) is 11.8 Å². The molecule has 0 atom stereocenters. The summed E-state index contributed by atoms with van der Waals surface area (Å²) in [6.45, 7) is 5.92. The Morgan fingerprint density at radius 1 is 1.19 bits per heavy atom. The number of amides is 3. The Morgan fingerprint density at radius 2 is 1.96 bits per heavy atom. The van der Waals surface area contributed by atoms with Crippen LogP contribution in [-0.2, 0) is 9.53 Å². The molecule has 2 heterocycles. The standard InChI is InChI=1S/C19H19N3O4/c1-4-26-18(24)13-6-5-7-15(9-13)22-11(2)8-14(12(22)3)10-16-17(23)21-19(25)20-16/h5-10H,4H2,1-3H3,(H2,20,21,23,25)/b16-10-.